The van der Waals surface area contributed by atoms with Gasteiger partial charge in [0.15, 0.2) is 4.77 Å². The molecule has 1 aliphatic rings. The summed E-state index contributed by atoms with van der Waals surface area (Å²) >= 11 is 12.3. The second kappa shape index (κ2) is 9.05. The molecule has 0 radical (unpaired) electrons. The number of hydrogen-bond acceptors (Lipinski definition) is 5. The molecule has 3 N–H and O–H groups in total. The molecule has 1 aliphatic heterocycles. The molecule has 24 heavy (non-hydrogen) atoms. The number of aromatic nitrogens is 2. The monoisotopic (exact) mass is 378 g/mol. The highest BCUT2D eigenvalue weighted by Gasteiger charge is 2.27. The highest BCUT2D eigenvalue weighted by Crippen LogP contribution is 2.35. The third-order valence-corrected chi connectivity index (χ3v) is 5.00. The summed E-state index contributed by atoms with van der Waals surface area (Å²) in [6.45, 7) is 4.00. The summed E-state index contributed by atoms with van der Waals surface area (Å²) in [5.41, 5.74) is 2.26. The Bertz CT molecular complexity index is 795. The van der Waals surface area contributed by atoms with E-state index in [-0.39, 0.29) is 5.50 Å². The first-order chi connectivity index (χ1) is 11.6. The normalized spacial score (nSPS) is 15.6. The van der Waals surface area contributed by atoms with Crippen LogP contribution < -0.4 is 10.2 Å². The van der Waals surface area contributed by atoms with E-state index in [2.05, 4.69) is 44.5 Å². The van der Waals surface area contributed by atoms with Crippen LogP contribution in [0.1, 0.15) is 19.4 Å². The predicted molar refractivity (Wildman–Crippen MR) is 112 cm³/mol. The van der Waals surface area contributed by atoms with Crippen LogP contribution in [0.25, 0.3) is 6.08 Å². The van der Waals surface area contributed by atoms with Crippen molar-refractivity contribution in [2.24, 2.45) is 0 Å². The number of nitrogens with one attached hydrogen (secondary N) is 3. The molecule has 0 fully saturated rings. The maximum absolute atomic E-state index is 5.32. The summed E-state index contributed by atoms with van der Waals surface area (Å²) in [5.74, 6) is 1.85. The van der Waals surface area contributed by atoms with Crippen molar-refractivity contribution in [2.75, 3.05) is 23.0 Å². The van der Waals surface area contributed by atoms with Gasteiger partial charge in [-0.15, -0.1) is 11.8 Å². The lowest BCUT2D eigenvalue weighted by Gasteiger charge is -2.20. The van der Waals surface area contributed by atoms with Crippen LogP contribution in [0.5, 0.6) is 0 Å². The molecule has 1 atom stereocenters. The van der Waals surface area contributed by atoms with Gasteiger partial charge in [-0.25, -0.2) is 0 Å². The van der Waals surface area contributed by atoms with Gasteiger partial charge in [0.05, 0.1) is 0 Å². The molecule has 2 heterocycles. The smallest absolute Gasteiger partial charge is 0.177 e. The van der Waals surface area contributed by atoms with Gasteiger partial charge in [0.2, 0.25) is 0 Å². The van der Waals surface area contributed by atoms with Crippen LogP contribution in [0.3, 0.4) is 0 Å². The van der Waals surface area contributed by atoms with Gasteiger partial charge in [0.1, 0.15) is 21.6 Å². The van der Waals surface area contributed by atoms with Crippen LogP contribution in [0.2, 0.25) is 0 Å². The minimum atomic E-state index is 0.138. The Morgan fingerprint density at radius 3 is 2.58 bits per heavy atom. The topological polar surface area (TPSA) is 46.9 Å². The van der Waals surface area contributed by atoms with Gasteiger partial charge < -0.3 is 20.2 Å². The van der Waals surface area contributed by atoms with Gasteiger partial charge in [0.25, 0.3) is 0 Å². The standard InChI is InChI=1S/C15H16N4S3.C2H6/c1-19-12-11(13(20)18-14(21)17-12)16-15(19)22-9-5-8-10-6-3-2-4-7-10;1-2/h2-8,15-16H,9H2,1H3,(H2,17,18,20,21);1-2H3/b8-5+;. The highest BCUT2D eigenvalue weighted by molar-refractivity contribution is 8.00. The second-order valence-electron chi connectivity index (χ2n) is 4.89. The van der Waals surface area contributed by atoms with E-state index in [0.29, 0.717) is 9.41 Å². The van der Waals surface area contributed by atoms with Crippen LogP contribution in [0.4, 0.5) is 11.5 Å². The maximum Gasteiger partial charge on any atom is 0.177 e. The van der Waals surface area contributed by atoms with E-state index in [1.54, 1.807) is 11.8 Å². The molecule has 1 aromatic carbocycles. The van der Waals surface area contributed by atoms with Crippen molar-refractivity contribution in [3.05, 3.63) is 51.4 Å². The van der Waals surface area contributed by atoms with Gasteiger partial charge in [-0.2, -0.15) is 0 Å². The molecule has 1 unspecified atom stereocenters. The van der Waals surface area contributed by atoms with Crippen molar-refractivity contribution in [3.8, 4) is 0 Å². The zero-order valence-electron chi connectivity index (χ0n) is 14.0. The molecule has 0 saturated carbocycles. The number of fused-ring (bicyclic) bond motifs is 1. The van der Waals surface area contributed by atoms with Gasteiger partial charge in [-0.1, -0.05) is 68.5 Å². The first-order valence-electron chi connectivity index (χ1n) is 7.84. The largest absolute Gasteiger partial charge is 0.351 e. The zero-order chi connectivity index (χ0) is 17.5. The molecule has 0 saturated heterocycles. The van der Waals surface area contributed by atoms with Crippen LogP contribution in [-0.4, -0.2) is 28.3 Å². The SMILES string of the molecule is CC.CN1c2[nH]c(=S)[nH]c(=S)c2NC1SC/C=C/c1ccccc1. The lowest BCUT2D eigenvalue weighted by atomic mass is 10.2. The Hall–Kier alpha value is -1.57. The molecular weight excluding hydrogens is 356 g/mol. The van der Waals surface area contributed by atoms with E-state index in [4.69, 9.17) is 24.4 Å². The summed E-state index contributed by atoms with van der Waals surface area (Å²) in [6.07, 6.45) is 4.30. The van der Waals surface area contributed by atoms with Crippen LogP contribution in [0.15, 0.2) is 36.4 Å². The number of hydrogen-bond donors (Lipinski definition) is 3. The van der Waals surface area contributed by atoms with Gasteiger partial charge in [-0.05, 0) is 17.8 Å². The molecule has 0 spiro atoms. The summed E-state index contributed by atoms with van der Waals surface area (Å²) in [5, 5.41) is 3.42. The minimum Gasteiger partial charge on any atom is -0.351 e. The fraction of sp³-hybridized carbons (Fsp3) is 0.294. The highest BCUT2D eigenvalue weighted by atomic mass is 32.2. The van der Waals surface area contributed by atoms with Crippen molar-refractivity contribution in [2.45, 2.75) is 19.3 Å². The Labute approximate surface area is 157 Å². The maximum atomic E-state index is 5.32. The molecule has 0 aliphatic carbocycles. The van der Waals surface area contributed by atoms with E-state index in [9.17, 15) is 0 Å². The van der Waals surface area contributed by atoms with Gasteiger partial charge in [0, 0.05) is 12.8 Å². The van der Waals surface area contributed by atoms with Crippen molar-refractivity contribution in [3.63, 3.8) is 0 Å². The third kappa shape index (κ3) is 4.49. The summed E-state index contributed by atoms with van der Waals surface area (Å²) in [4.78, 5) is 8.23. The molecule has 1 aromatic heterocycles. The van der Waals surface area contributed by atoms with E-state index >= 15 is 0 Å². The second-order valence-corrected chi connectivity index (χ2v) is 6.82. The quantitative estimate of drug-likeness (QED) is 0.620. The predicted octanol–water partition coefficient (Wildman–Crippen LogP) is 5.42. The van der Waals surface area contributed by atoms with Crippen molar-refractivity contribution in [1.82, 2.24) is 9.97 Å². The molecule has 128 valence electrons. The first kappa shape index (κ1) is 18.8. The Morgan fingerprint density at radius 2 is 1.88 bits per heavy atom. The van der Waals surface area contributed by atoms with E-state index < -0.39 is 0 Å². The molecular formula is C17H22N4S3. The van der Waals surface area contributed by atoms with Gasteiger partial charge >= 0.3 is 0 Å². The molecule has 2 aromatic rings. The number of H-pyrrole nitrogens is 2. The average molecular weight is 379 g/mol. The molecule has 7 heteroatoms. The minimum absolute atomic E-state index is 0.138. The Morgan fingerprint density at radius 1 is 1.17 bits per heavy atom. The number of thioether (sulfide) groups is 1. The van der Waals surface area contributed by atoms with Crippen LogP contribution in [0, 0.1) is 9.41 Å². The lowest BCUT2D eigenvalue weighted by molar-refractivity contribution is 0.947. The molecule has 0 bridgehead atoms. The first-order valence-corrected chi connectivity index (χ1v) is 9.71. The van der Waals surface area contributed by atoms with Crippen LogP contribution >= 0.6 is 36.2 Å². The van der Waals surface area contributed by atoms with Crippen molar-refractivity contribution >= 4 is 53.8 Å². The van der Waals surface area contributed by atoms with Crippen molar-refractivity contribution < 1.29 is 0 Å². The fourth-order valence-electron chi connectivity index (χ4n) is 2.26. The Balaban J connectivity index is 0.00000100. The summed E-state index contributed by atoms with van der Waals surface area (Å²) in [6, 6.07) is 10.3. The summed E-state index contributed by atoms with van der Waals surface area (Å²) < 4.78 is 1.19. The average Bonchev–Trinajstić information content (AvgIpc) is 2.91. The van der Waals surface area contributed by atoms with E-state index in [1.807, 2.05) is 39.1 Å². The van der Waals surface area contributed by atoms with Crippen molar-refractivity contribution in [1.29, 1.82) is 0 Å². The number of rotatable bonds is 4. The number of benzene rings is 1. The number of aromatic amines is 2. The van der Waals surface area contributed by atoms with E-state index in [0.717, 1.165) is 17.3 Å². The molecule has 0 amide bonds. The number of anilines is 2. The lowest BCUT2D eigenvalue weighted by Crippen LogP contribution is -2.29. The Kier molecular flexibility index (Phi) is 7.08. The summed E-state index contributed by atoms with van der Waals surface area (Å²) in [7, 11) is 2.03. The van der Waals surface area contributed by atoms with Gasteiger partial charge in [-0.3, -0.25) is 0 Å². The zero-order valence-corrected chi connectivity index (χ0v) is 16.4. The fourth-order valence-corrected chi connectivity index (χ4v) is 3.70. The molecule has 3 rings (SSSR count). The van der Waals surface area contributed by atoms with Crippen LogP contribution in [-0.2, 0) is 0 Å². The molecule has 4 nitrogen and oxygen atoms in total. The van der Waals surface area contributed by atoms with E-state index in [1.165, 1.54) is 5.56 Å². The third-order valence-electron chi connectivity index (χ3n) is 3.36. The number of nitrogens with zero attached hydrogens (tertiary/aromatic N) is 1.